The first-order chi connectivity index (χ1) is 17.2. The quantitative estimate of drug-likeness (QED) is 0.416. The van der Waals surface area contributed by atoms with Crippen LogP contribution in [-0.4, -0.2) is 46.5 Å². The molecular formula is C27H32N2O6S. The third-order valence-electron chi connectivity index (χ3n) is 5.74. The Bertz CT molecular complexity index is 1290. The van der Waals surface area contributed by atoms with Crippen LogP contribution in [0.4, 0.5) is 0 Å². The Morgan fingerprint density at radius 3 is 2.17 bits per heavy atom. The topological polar surface area (TPSA) is 94.2 Å². The molecule has 1 N–H and O–H groups in total. The number of benzene rings is 3. The molecule has 0 bridgehead atoms. The van der Waals surface area contributed by atoms with Crippen molar-refractivity contribution in [1.82, 2.24) is 9.62 Å². The molecule has 1 atom stereocenters. The molecule has 3 aromatic rings. The summed E-state index contributed by atoms with van der Waals surface area (Å²) < 4.78 is 44.6. The van der Waals surface area contributed by atoms with Gasteiger partial charge in [0, 0.05) is 6.54 Å². The van der Waals surface area contributed by atoms with Crippen LogP contribution in [0.15, 0.2) is 71.6 Å². The smallest absolute Gasteiger partial charge is 0.247 e. The number of carbonyl (C=O) groups excluding carboxylic acids is 1. The van der Waals surface area contributed by atoms with Gasteiger partial charge in [-0.15, -0.1) is 0 Å². The molecule has 9 heteroatoms. The summed E-state index contributed by atoms with van der Waals surface area (Å²) in [4.78, 5) is 13.1. The molecule has 0 spiro atoms. The summed E-state index contributed by atoms with van der Waals surface area (Å²) in [6.07, 6.45) is 0. The van der Waals surface area contributed by atoms with Crippen molar-refractivity contribution in [3.63, 3.8) is 0 Å². The number of rotatable bonds is 11. The van der Waals surface area contributed by atoms with E-state index in [1.807, 2.05) is 43.3 Å². The molecule has 0 fully saturated rings. The van der Waals surface area contributed by atoms with Crippen LogP contribution < -0.4 is 19.5 Å². The van der Waals surface area contributed by atoms with E-state index < -0.39 is 22.0 Å². The van der Waals surface area contributed by atoms with E-state index in [0.29, 0.717) is 11.5 Å². The van der Waals surface area contributed by atoms with Gasteiger partial charge in [0.05, 0.1) is 33.9 Å². The standard InChI is InChI=1S/C27H32N2O6S/c1-19-11-13-24(34-4)26(15-19)36(31,32)29(17-21-9-7-6-8-10-21)18-27(30)28-20(2)22-12-14-23(33-3)25(16-22)35-5/h6-16,20H,17-18H2,1-5H3,(H,28,30). The van der Waals surface area contributed by atoms with Gasteiger partial charge in [0.15, 0.2) is 11.5 Å². The highest BCUT2D eigenvalue weighted by Gasteiger charge is 2.30. The largest absolute Gasteiger partial charge is 0.495 e. The summed E-state index contributed by atoms with van der Waals surface area (Å²) in [5.74, 6) is 0.893. The molecule has 0 saturated carbocycles. The number of nitrogens with zero attached hydrogens (tertiary/aromatic N) is 1. The summed E-state index contributed by atoms with van der Waals surface area (Å²) >= 11 is 0. The van der Waals surface area contributed by atoms with Crippen molar-refractivity contribution in [2.24, 2.45) is 0 Å². The number of ether oxygens (including phenoxy) is 3. The summed E-state index contributed by atoms with van der Waals surface area (Å²) in [7, 11) is 0.438. The number of aryl methyl sites for hydroxylation is 1. The summed E-state index contributed by atoms with van der Waals surface area (Å²) in [6.45, 7) is 3.28. The Morgan fingerprint density at radius 2 is 1.53 bits per heavy atom. The second-order valence-corrected chi connectivity index (χ2v) is 10.2. The van der Waals surface area contributed by atoms with Crippen LogP contribution >= 0.6 is 0 Å². The van der Waals surface area contributed by atoms with Crippen molar-refractivity contribution >= 4 is 15.9 Å². The molecule has 0 saturated heterocycles. The first-order valence-electron chi connectivity index (χ1n) is 11.4. The molecule has 0 aromatic heterocycles. The second-order valence-electron chi connectivity index (χ2n) is 8.32. The fourth-order valence-electron chi connectivity index (χ4n) is 3.79. The lowest BCUT2D eigenvalue weighted by molar-refractivity contribution is -0.122. The van der Waals surface area contributed by atoms with Gasteiger partial charge in [-0.3, -0.25) is 4.79 Å². The molecule has 36 heavy (non-hydrogen) atoms. The van der Waals surface area contributed by atoms with Crippen molar-refractivity contribution in [2.45, 2.75) is 31.3 Å². The Hall–Kier alpha value is -3.56. The van der Waals surface area contributed by atoms with Crippen molar-refractivity contribution in [3.05, 3.63) is 83.4 Å². The molecule has 1 amide bonds. The van der Waals surface area contributed by atoms with Gasteiger partial charge >= 0.3 is 0 Å². The maximum atomic E-state index is 13.7. The van der Waals surface area contributed by atoms with E-state index in [9.17, 15) is 13.2 Å². The van der Waals surface area contributed by atoms with Crippen molar-refractivity contribution in [2.75, 3.05) is 27.9 Å². The molecule has 0 aliphatic heterocycles. The molecule has 3 aromatic carbocycles. The van der Waals surface area contributed by atoms with Crippen LogP contribution in [0, 0.1) is 6.92 Å². The molecule has 0 aliphatic carbocycles. The van der Waals surface area contributed by atoms with Crippen molar-refractivity contribution in [1.29, 1.82) is 0 Å². The monoisotopic (exact) mass is 512 g/mol. The highest BCUT2D eigenvalue weighted by molar-refractivity contribution is 7.89. The van der Waals surface area contributed by atoms with E-state index in [1.165, 1.54) is 14.2 Å². The highest BCUT2D eigenvalue weighted by atomic mass is 32.2. The van der Waals surface area contributed by atoms with Gasteiger partial charge in [0.2, 0.25) is 15.9 Å². The van der Waals surface area contributed by atoms with Gasteiger partial charge in [-0.05, 0) is 54.8 Å². The summed E-state index contributed by atoms with van der Waals surface area (Å²) in [6, 6.07) is 19.0. The zero-order chi connectivity index (χ0) is 26.3. The number of hydrogen-bond acceptors (Lipinski definition) is 6. The Morgan fingerprint density at radius 1 is 0.889 bits per heavy atom. The Labute approximate surface area is 212 Å². The number of sulfonamides is 1. The maximum absolute atomic E-state index is 13.7. The van der Waals surface area contributed by atoms with Crippen molar-refractivity contribution in [3.8, 4) is 17.2 Å². The van der Waals surface area contributed by atoms with Gasteiger partial charge in [0.1, 0.15) is 10.6 Å². The highest BCUT2D eigenvalue weighted by Crippen LogP contribution is 2.31. The first kappa shape index (κ1) is 27.0. The number of nitrogens with one attached hydrogen (secondary N) is 1. The molecule has 0 aliphatic rings. The first-order valence-corrected chi connectivity index (χ1v) is 12.8. The number of methoxy groups -OCH3 is 3. The van der Waals surface area contributed by atoms with Crippen LogP contribution in [0.5, 0.6) is 17.2 Å². The van der Waals surface area contributed by atoms with E-state index in [-0.39, 0.29) is 23.7 Å². The van der Waals surface area contributed by atoms with E-state index in [0.717, 1.165) is 21.0 Å². The van der Waals surface area contributed by atoms with Crippen LogP contribution in [0.1, 0.15) is 29.7 Å². The Kier molecular flexibility index (Phi) is 8.95. The van der Waals surface area contributed by atoms with Crippen molar-refractivity contribution < 1.29 is 27.4 Å². The fraction of sp³-hybridized carbons (Fsp3) is 0.296. The minimum Gasteiger partial charge on any atom is -0.495 e. The number of carbonyl (C=O) groups is 1. The lowest BCUT2D eigenvalue weighted by Crippen LogP contribution is -2.41. The molecule has 0 heterocycles. The molecule has 8 nitrogen and oxygen atoms in total. The Balaban J connectivity index is 1.88. The minimum absolute atomic E-state index is 0.0154. The molecule has 3 rings (SSSR count). The van der Waals surface area contributed by atoms with Crippen LogP contribution in [0.2, 0.25) is 0 Å². The third kappa shape index (κ3) is 6.35. The maximum Gasteiger partial charge on any atom is 0.247 e. The minimum atomic E-state index is -4.07. The van der Waals surface area contributed by atoms with Crippen LogP contribution in [0.3, 0.4) is 0 Å². The third-order valence-corrected chi connectivity index (χ3v) is 7.56. The lowest BCUT2D eigenvalue weighted by Gasteiger charge is -2.24. The van der Waals surface area contributed by atoms with Crippen LogP contribution in [-0.2, 0) is 21.4 Å². The van der Waals surface area contributed by atoms with Crippen LogP contribution in [0.25, 0.3) is 0 Å². The molecule has 1 unspecified atom stereocenters. The van der Waals surface area contributed by atoms with E-state index >= 15 is 0 Å². The van der Waals surface area contributed by atoms with Gasteiger partial charge < -0.3 is 19.5 Å². The van der Waals surface area contributed by atoms with Gasteiger partial charge in [-0.1, -0.05) is 42.5 Å². The second kappa shape index (κ2) is 11.9. The van der Waals surface area contributed by atoms with E-state index in [2.05, 4.69) is 5.32 Å². The normalized spacial score (nSPS) is 12.2. The van der Waals surface area contributed by atoms with Gasteiger partial charge in [-0.2, -0.15) is 4.31 Å². The summed E-state index contributed by atoms with van der Waals surface area (Å²) in [5, 5.41) is 2.89. The average Bonchev–Trinajstić information content (AvgIpc) is 2.88. The zero-order valence-corrected chi connectivity index (χ0v) is 22.0. The van der Waals surface area contributed by atoms with E-state index in [4.69, 9.17) is 14.2 Å². The fourth-order valence-corrected chi connectivity index (χ4v) is 5.42. The zero-order valence-electron chi connectivity index (χ0n) is 21.1. The summed E-state index contributed by atoms with van der Waals surface area (Å²) in [5.41, 5.74) is 2.31. The lowest BCUT2D eigenvalue weighted by atomic mass is 10.1. The molecule has 192 valence electrons. The average molecular weight is 513 g/mol. The van der Waals surface area contributed by atoms with Gasteiger partial charge in [0.25, 0.3) is 0 Å². The SMILES string of the molecule is COc1ccc(C(C)NC(=O)CN(Cc2ccccc2)S(=O)(=O)c2cc(C)ccc2OC)cc1OC. The van der Waals surface area contributed by atoms with E-state index in [1.54, 1.807) is 44.4 Å². The van der Waals surface area contributed by atoms with Gasteiger partial charge in [-0.25, -0.2) is 8.42 Å². The molecule has 0 radical (unpaired) electrons. The predicted molar refractivity (Wildman–Crippen MR) is 138 cm³/mol. The predicted octanol–water partition coefficient (Wildman–Crippen LogP) is 4.09. The number of amides is 1. The molecular weight excluding hydrogens is 480 g/mol. The number of hydrogen-bond donors (Lipinski definition) is 1.